The van der Waals surface area contributed by atoms with Crippen LogP contribution in [0, 0.1) is 5.82 Å². The van der Waals surface area contributed by atoms with Gasteiger partial charge >= 0.3 is 5.97 Å². The molecule has 0 aliphatic rings. The third kappa shape index (κ3) is 6.57. The van der Waals surface area contributed by atoms with Gasteiger partial charge in [-0.25, -0.2) is 4.39 Å². The Hall–Kier alpha value is -1.76. The van der Waals surface area contributed by atoms with Gasteiger partial charge in [0.25, 0.3) is 5.91 Å². The molecular formula is C17H14Cl2FNO3S. The lowest BCUT2D eigenvalue weighted by atomic mass is 10.2. The zero-order valence-electron chi connectivity index (χ0n) is 12.9. The second-order valence-electron chi connectivity index (χ2n) is 4.92. The Morgan fingerprint density at radius 2 is 1.72 bits per heavy atom. The summed E-state index contributed by atoms with van der Waals surface area (Å²) >= 11 is 13.2. The van der Waals surface area contributed by atoms with E-state index in [4.69, 9.17) is 27.9 Å². The molecule has 8 heteroatoms. The van der Waals surface area contributed by atoms with E-state index in [9.17, 15) is 14.0 Å². The van der Waals surface area contributed by atoms with Crippen LogP contribution in [0.3, 0.4) is 0 Å². The van der Waals surface area contributed by atoms with Crippen LogP contribution in [0.5, 0.6) is 0 Å². The van der Waals surface area contributed by atoms with E-state index in [1.807, 2.05) is 0 Å². The lowest BCUT2D eigenvalue weighted by Crippen LogP contribution is -2.22. The standard InChI is InChI=1S/C17H14Cl2FNO3S/c18-13-2-1-3-14(19)17(13)21-15(22)8-24-16(23)10-25-9-11-4-6-12(20)7-5-11/h1-7H,8-10H2,(H,21,22). The van der Waals surface area contributed by atoms with Gasteiger partial charge in [0.1, 0.15) is 5.82 Å². The Balaban J connectivity index is 1.70. The number of esters is 1. The molecule has 4 nitrogen and oxygen atoms in total. The molecule has 0 atom stereocenters. The maximum Gasteiger partial charge on any atom is 0.316 e. The number of carbonyl (C=O) groups is 2. The van der Waals surface area contributed by atoms with Gasteiger partial charge in [-0.2, -0.15) is 0 Å². The Morgan fingerprint density at radius 3 is 2.36 bits per heavy atom. The first kappa shape index (κ1) is 19.6. The van der Waals surface area contributed by atoms with E-state index in [1.54, 1.807) is 30.3 Å². The quantitative estimate of drug-likeness (QED) is 0.691. The fourth-order valence-electron chi connectivity index (χ4n) is 1.81. The molecule has 0 saturated carbocycles. The zero-order valence-corrected chi connectivity index (χ0v) is 15.3. The molecule has 0 spiro atoms. The Bertz CT molecular complexity index is 736. The van der Waals surface area contributed by atoms with E-state index in [1.165, 1.54) is 23.9 Å². The van der Waals surface area contributed by atoms with Crippen molar-refractivity contribution in [3.63, 3.8) is 0 Å². The molecule has 132 valence electrons. The number of amides is 1. The third-order valence-electron chi connectivity index (χ3n) is 2.99. The number of carbonyl (C=O) groups excluding carboxylic acids is 2. The number of nitrogens with one attached hydrogen (secondary N) is 1. The van der Waals surface area contributed by atoms with Crippen LogP contribution in [0.4, 0.5) is 10.1 Å². The number of hydrogen-bond donors (Lipinski definition) is 1. The molecular weight excluding hydrogens is 388 g/mol. The van der Waals surface area contributed by atoms with Gasteiger partial charge in [-0.1, -0.05) is 41.4 Å². The fourth-order valence-corrected chi connectivity index (χ4v) is 3.09. The van der Waals surface area contributed by atoms with Crippen LogP contribution in [0.25, 0.3) is 0 Å². The second-order valence-corrected chi connectivity index (χ2v) is 6.72. The van der Waals surface area contributed by atoms with Gasteiger partial charge < -0.3 is 10.1 Å². The van der Waals surface area contributed by atoms with Crippen LogP contribution in [0.15, 0.2) is 42.5 Å². The number of thioether (sulfide) groups is 1. The van der Waals surface area contributed by atoms with Crippen LogP contribution >= 0.6 is 35.0 Å². The average Bonchev–Trinajstić information content (AvgIpc) is 2.58. The summed E-state index contributed by atoms with van der Waals surface area (Å²) in [5.41, 5.74) is 1.17. The molecule has 0 aliphatic heterocycles. The molecule has 0 unspecified atom stereocenters. The molecule has 0 aromatic heterocycles. The number of para-hydroxylation sites is 1. The van der Waals surface area contributed by atoms with Gasteiger partial charge in [-0.15, -0.1) is 11.8 Å². The molecule has 25 heavy (non-hydrogen) atoms. The summed E-state index contributed by atoms with van der Waals surface area (Å²) in [5.74, 6) is -0.744. The van der Waals surface area contributed by atoms with Crippen molar-refractivity contribution in [2.24, 2.45) is 0 Å². The maximum absolute atomic E-state index is 12.8. The number of hydrogen-bond acceptors (Lipinski definition) is 4. The molecule has 0 aliphatic carbocycles. The van der Waals surface area contributed by atoms with Crippen molar-refractivity contribution in [1.82, 2.24) is 0 Å². The summed E-state index contributed by atoms with van der Waals surface area (Å²) in [4.78, 5) is 23.4. The van der Waals surface area contributed by atoms with Gasteiger partial charge in [0.15, 0.2) is 6.61 Å². The minimum Gasteiger partial charge on any atom is -0.455 e. The van der Waals surface area contributed by atoms with Crippen molar-refractivity contribution < 1.29 is 18.7 Å². The van der Waals surface area contributed by atoms with Gasteiger partial charge in [-0.3, -0.25) is 9.59 Å². The lowest BCUT2D eigenvalue weighted by molar-refractivity contribution is -0.144. The highest BCUT2D eigenvalue weighted by Gasteiger charge is 2.12. The van der Waals surface area contributed by atoms with Crippen molar-refractivity contribution in [3.8, 4) is 0 Å². The summed E-state index contributed by atoms with van der Waals surface area (Å²) in [5, 5.41) is 3.09. The molecule has 1 N–H and O–H groups in total. The van der Waals surface area contributed by atoms with E-state index >= 15 is 0 Å². The minimum atomic E-state index is -0.535. The summed E-state index contributed by atoms with van der Waals surface area (Å²) in [6, 6.07) is 10.8. The van der Waals surface area contributed by atoms with E-state index in [-0.39, 0.29) is 17.3 Å². The van der Waals surface area contributed by atoms with Crippen molar-refractivity contribution in [2.75, 3.05) is 17.7 Å². The molecule has 0 bridgehead atoms. The van der Waals surface area contributed by atoms with Crippen molar-refractivity contribution in [2.45, 2.75) is 5.75 Å². The summed E-state index contributed by atoms with van der Waals surface area (Å²) in [7, 11) is 0. The first-order valence-corrected chi connectivity index (χ1v) is 9.08. The van der Waals surface area contributed by atoms with Crippen molar-refractivity contribution >= 4 is 52.5 Å². The largest absolute Gasteiger partial charge is 0.455 e. The van der Waals surface area contributed by atoms with Crippen LogP contribution in [0.1, 0.15) is 5.56 Å². The first-order chi connectivity index (χ1) is 12.0. The van der Waals surface area contributed by atoms with Crippen LogP contribution in [-0.4, -0.2) is 24.2 Å². The molecule has 0 fully saturated rings. The van der Waals surface area contributed by atoms with Crippen LogP contribution in [0.2, 0.25) is 10.0 Å². The van der Waals surface area contributed by atoms with E-state index in [0.29, 0.717) is 15.8 Å². The number of halogens is 3. The van der Waals surface area contributed by atoms with Crippen molar-refractivity contribution in [3.05, 3.63) is 63.9 Å². The summed E-state index contributed by atoms with van der Waals surface area (Å²) in [6.45, 7) is -0.433. The molecule has 2 aromatic rings. The minimum absolute atomic E-state index is 0.0809. The smallest absolute Gasteiger partial charge is 0.316 e. The number of ether oxygens (including phenoxy) is 1. The fraction of sp³-hybridized carbons (Fsp3) is 0.176. The molecule has 2 aromatic carbocycles. The van der Waals surface area contributed by atoms with E-state index < -0.39 is 18.5 Å². The molecule has 0 saturated heterocycles. The predicted molar refractivity (Wildman–Crippen MR) is 98.6 cm³/mol. The Morgan fingerprint density at radius 1 is 1.08 bits per heavy atom. The van der Waals surface area contributed by atoms with Gasteiger partial charge in [0.05, 0.1) is 21.5 Å². The topological polar surface area (TPSA) is 55.4 Å². The number of benzene rings is 2. The highest BCUT2D eigenvalue weighted by molar-refractivity contribution is 7.99. The van der Waals surface area contributed by atoms with E-state index in [2.05, 4.69) is 5.32 Å². The first-order valence-electron chi connectivity index (χ1n) is 7.17. The van der Waals surface area contributed by atoms with Crippen molar-refractivity contribution in [1.29, 1.82) is 0 Å². The highest BCUT2D eigenvalue weighted by atomic mass is 35.5. The Labute approximate surface area is 158 Å². The van der Waals surface area contributed by atoms with Gasteiger partial charge in [-0.05, 0) is 29.8 Å². The number of anilines is 1. The zero-order chi connectivity index (χ0) is 18.2. The van der Waals surface area contributed by atoms with Gasteiger partial charge in [0.2, 0.25) is 0 Å². The van der Waals surface area contributed by atoms with E-state index in [0.717, 1.165) is 5.56 Å². The average molecular weight is 402 g/mol. The molecule has 2 rings (SSSR count). The normalized spacial score (nSPS) is 10.4. The third-order valence-corrected chi connectivity index (χ3v) is 4.60. The number of rotatable bonds is 7. The van der Waals surface area contributed by atoms with Crippen LogP contribution < -0.4 is 5.32 Å². The monoisotopic (exact) mass is 401 g/mol. The highest BCUT2D eigenvalue weighted by Crippen LogP contribution is 2.29. The lowest BCUT2D eigenvalue weighted by Gasteiger charge is -2.09. The summed E-state index contributed by atoms with van der Waals surface area (Å²) in [6.07, 6.45) is 0. The van der Waals surface area contributed by atoms with Gasteiger partial charge in [0, 0.05) is 5.75 Å². The van der Waals surface area contributed by atoms with Crippen LogP contribution in [-0.2, 0) is 20.1 Å². The molecule has 1 amide bonds. The molecule has 0 radical (unpaired) electrons. The predicted octanol–water partition coefficient (Wildman–Crippen LogP) is 4.55. The Kier molecular flexibility index (Phi) is 7.55. The maximum atomic E-state index is 12.8. The summed E-state index contributed by atoms with van der Waals surface area (Å²) < 4.78 is 17.7. The SMILES string of the molecule is O=C(COC(=O)CSCc1ccc(F)cc1)Nc1c(Cl)cccc1Cl. The molecule has 0 heterocycles. The second kappa shape index (κ2) is 9.65.